The Bertz CT molecular complexity index is 331. The van der Waals surface area contributed by atoms with E-state index in [4.69, 9.17) is 12.3 Å². The van der Waals surface area contributed by atoms with Crippen LogP contribution in [0.3, 0.4) is 0 Å². The van der Waals surface area contributed by atoms with Gasteiger partial charge in [0, 0.05) is 13.2 Å². The molecule has 0 spiro atoms. The number of oxazole rings is 1. The fraction of sp³-hybridized carbons (Fsp3) is 0.167. The monoisotopic (exact) mass is 132 g/mol. The third kappa shape index (κ3) is 0.532. The van der Waals surface area contributed by atoms with Gasteiger partial charge in [-0.15, -0.1) is 0 Å². The summed E-state index contributed by atoms with van der Waals surface area (Å²) in [5.41, 5.74) is 2.12. The van der Waals surface area contributed by atoms with Crippen molar-refractivity contribution < 1.29 is 4.42 Å². The normalized spacial score (nSPS) is 10.9. The predicted octanol–water partition coefficient (Wildman–Crippen LogP) is -0.0399. The zero-order chi connectivity index (χ0) is 7.14. The smallest absolute Gasteiger partial charge is 0.226 e. The van der Waals surface area contributed by atoms with E-state index < -0.39 is 0 Å². The lowest BCUT2D eigenvalue weighted by atomic mass is 10.00. The van der Waals surface area contributed by atoms with Crippen molar-refractivity contribution in [3.8, 4) is 0 Å². The van der Waals surface area contributed by atoms with Crippen LogP contribution in [0.5, 0.6) is 0 Å². The molecule has 48 valence electrons. The molecule has 2 rings (SSSR count). The number of aromatic nitrogens is 2. The van der Waals surface area contributed by atoms with Crippen molar-refractivity contribution in [3.63, 3.8) is 0 Å². The van der Waals surface area contributed by atoms with Gasteiger partial charge in [-0.05, 0) is 5.46 Å². The summed E-state index contributed by atoms with van der Waals surface area (Å²) in [5, 5.41) is 0. The van der Waals surface area contributed by atoms with Crippen LogP contribution in [0.2, 0.25) is 0 Å². The van der Waals surface area contributed by atoms with Gasteiger partial charge in [-0.2, -0.15) is 0 Å². The van der Waals surface area contributed by atoms with Crippen molar-refractivity contribution in [1.29, 1.82) is 0 Å². The molecule has 4 heteroatoms. The Kier molecular flexibility index (Phi) is 0.924. The van der Waals surface area contributed by atoms with Crippen LogP contribution in [0.1, 0.15) is 0 Å². The van der Waals surface area contributed by atoms with Crippen molar-refractivity contribution in [2.24, 2.45) is 7.05 Å². The minimum absolute atomic E-state index is 0.659. The molecule has 2 aromatic heterocycles. The van der Waals surface area contributed by atoms with Crippen LogP contribution >= 0.6 is 0 Å². The third-order valence-electron chi connectivity index (χ3n) is 1.48. The summed E-state index contributed by atoms with van der Waals surface area (Å²) in [5.74, 6) is 0. The Morgan fingerprint density at radius 2 is 2.50 bits per heavy atom. The second-order valence-electron chi connectivity index (χ2n) is 2.20. The molecule has 0 saturated heterocycles. The maximum absolute atomic E-state index is 5.58. The highest BCUT2D eigenvalue weighted by Gasteiger charge is 2.04. The van der Waals surface area contributed by atoms with E-state index in [0.717, 1.165) is 11.2 Å². The molecule has 0 aromatic carbocycles. The molecule has 0 aliphatic carbocycles. The molecule has 3 nitrogen and oxygen atoms in total. The maximum Gasteiger partial charge on any atom is 0.226 e. The highest BCUT2D eigenvalue weighted by Crippen LogP contribution is 2.07. The zero-order valence-electron chi connectivity index (χ0n) is 5.53. The van der Waals surface area contributed by atoms with Gasteiger partial charge in [0.15, 0.2) is 6.39 Å². The fourth-order valence-corrected chi connectivity index (χ4v) is 1.02. The van der Waals surface area contributed by atoms with Gasteiger partial charge in [-0.25, -0.2) is 4.98 Å². The molecule has 0 N–H and O–H groups in total. The second-order valence-corrected chi connectivity index (χ2v) is 2.20. The van der Waals surface area contributed by atoms with Gasteiger partial charge in [0.2, 0.25) is 5.71 Å². The maximum atomic E-state index is 5.58. The average Bonchev–Trinajstić information content (AvgIpc) is 2.39. The van der Waals surface area contributed by atoms with E-state index >= 15 is 0 Å². The lowest BCUT2D eigenvalue weighted by molar-refractivity contribution is 0.573. The quantitative estimate of drug-likeness (QED) is 0.471. The first-order valence-electron chi connectivity index (χ1n) is 2.93. The molecule has 0 bridgehead atoms. The molecule has 0 amide bonds. The van der Waals surface area contributed by atoms with Crippen molar-refractivity contribution in [2.75, 3.05) is 0 Å². The Morgan fingerprint density at radius 1 is 1.70 bits per heavy atom. The summed E-state index contributed by atoms with van der Waals surface area (Å²) in [6.07, 6.45) is 3.17. The lowest BCUT2D eigenvalue weighted by Crippen LogP contribution is -1.98. The molecule has 2 radical (unpaired) electrons. The van der Waals surface area contributed by atoms with E-state index in [1.807, 2.05) is 7.05 Å². The summed E-state index contributed by atoms with van der Waals surface area (Å²) in [7, 11) is 7.44. The minimum Gasteiger partial charge on any atom is -0.427 e. The van der Waals surface area contributed by atoms with E-state index in [-0.39, 0.29) is 0 Å². The SMILES string of the molecule is [B]c1cn(C)c2ocnc12. The zero-order valence-corrected chi connectivity index (χ0v) is 5.53. The first-order valence-corrected chi connectivity index (χ1v) is 2.93. The van der Waals surface area contributed by atoms with E-state index in [0.29, 0.717) is 5.46 Å². The average molecular weight is 132 g/mol. The summed E-state index contributed by atoms with van der Waals surface area (Å²) >= 11 is 0. The van der Waals surface area contributed by atoms with Gasteiger partial charge in [0.05, 0.1) is 0 Å². The van der Waals surface area contributed by atoms with E-state index in [1.165, 1.54) is 6.39 Å². The van der Waals surface area contributed by atoms with Gasteiger partial charge >= 0.3 is 0 Å². The molecule has 0 saturated carbocycles. The highest BCUT2D eigenvalue weighted by atomic mass is 16.3. The molecule has 2 heterocycles. The Labute approximate surface area is 59.1 Å². The number of rotatable bonds is 0. The van der Waals surface area contributed by atoms with E-state index in [2.05, 4.69) is 4.98 Å². The molecule has 0 unspecified atom stereocenters. The van der Waals surface area contributed by atoms with Crippen molar-refractivity contribution in [3.05, 3.63) is 12.6 Å². The second kappa shape index (κ2) is 1.65. The lowest BCUT2D eigenvalue weighted by Gasteiger charge is -1.84. The minimum atomic E-state index is 0.659. The van der Waals surface area contributed by atoms with Gasteiger partial charge in [-0.1, -0.05) is 0 Å². The van der Waals surface area contributed by atoms with Crippen molar-refractivity contribution in [2.45, 2.75) is 0 Å². The Balaban J connectivity index is 2.98. The van der Waals surface area contributed by atoms with Gasteiger partial charge in [0.1, 0.15) is 13.4 Å². The van der Waals surface area contributed by atoms with Crippen LogP contribution in [0, 0.1) is 0 Å². The summed E-state index contributed by atoms with van der Waals surface area (Å²) in [6.45, 7) is 0. The number of hydrogen-bond donors (Lipinski definition) is 0. The Morgan fingerprint density at radius 3 is 3.20 bits per heavy atom. The predicted molar refractivity (Wildman–Crippen MR) is 38.4 cm³/mol. The van der Waals surface area contributed by atoms with Crippen LogP contribution in [0.15, 0.2) is 17.0 Å². The van der Waals surface area contributed by atoms with Gasteiger partial charge in [-0.3, -0.25) is 0 Å². The number of fused-ring (bicyclic) bond motifs is 1. The largest absolute Gasteiger partial charge is 0.427 e. The number of nitrogens with zero attached hydrogens (tertiary/aromatic N) is 2. The van der Waals surface area contributed by atoms with Crippen LogP contribution in [-0.2, 0) is 7.05 Å². The van der Waals surface area contributed by atoms with Crippen LogP contribution < -0.4 is 5.46 Å². The molecule has 0 aliphatic heterocycles. The summed E-state index contributed by atoms with van der Waals surface area (Å²) in [6, 6.07) is 0. The first-order chi connectivity index (χ1) is 4.79. The van der Waals surface area contributed by atoms with Crippen LogP contribution in [0.4, 0.5) is 0 Å². The number of hydrogen-bond acceptors (Lipinski definition) is 2. The van der Waals surface area contributed by atoms with Gasteiger partial charge in [0.25, 0.3) is 0 Å². The van der Waals surface area contributed by atoms with E-state index in [1.54, 1.807) is 10.8 Å². The Hall–Kier alpha value is -1.19. The van der Waals surface area contributed by atoms with E-state index in [9.17, 15) is 0 Å². The molecule has 0 aliphatic rings. The molecule has 0 fully saturated rings. The molecular formula is C6H5BN2O. The van der Waals surface area contributed by atoms with Crippen molar-refractivity contribution >= 4 is 24.5 Å². The molecule has 0 atom stereocenters. The fourth-order valence-electron chi connectivity index (χ4n) is 1.02. The standard InChI is InChI=1S/C6H5BN2O/c1-9-2-4(7)5-6(9)10-3-8-5/h2-3H,1H3. The third-order valence-corrected chi connectivity index (χ3v) is 1.48. The topological polar surface area (TPSA) is 31.0 Å². The van der Waals surface area contributed by atoms with Crippen LogP contribution in [0.25, 0.3) is 11.2 Å². The number of aryl methyl sites for hydroxylation is 1. The first kappa shape index (κ1) is 5.59. The summed E-state index contributed by atoms with van der Waals surface area (Å²) < 4.78 is 6.84. The van der Waals surface area contributed by atoms with Crippen LogP contribution in [-0.4, -0.2) is 17.4 Å². The molecule has 10 heavy (non-hydrogen) atoms. The van der Waals surface area contributed by atoms with Crippen molar-refractivity contribution in [1.82, 2.24) is 9.55 Å². The van der Waals surface area contributed by atoms with Gasteiger partial charge < -0.3 is 8.98 Å². The highest BCUT2D eigenvalue weighted by molar-refractivity contribution is 6.38. The molecule has 2 aromatic rings. The summed E-state index contributed by atoms with van der Waals surface area (Å²) in [4.78, 5) is 3.93. The molecular weight excluding hydrogens is 127 g/mol.